The zero-order valence-corrected chi connectivity index (χ0v) is 13.2. The second-order valence-electron chi connectivity index (χ2n) is 5.76. The highest BCUT2D eigenvalue weighted by Crippen LogP contribution is 2.20. The van der Waals surface area contributed by atoms with Crippen LogP contribution in [0, 0.1) is 0 Å². The van der Waals surface area contributed by atoms with Crippen molar-refractivity contribution in [2.75, 3.05) is 13.2 Å². The number of nitrogens with one attached hydrogen (secondary N) is 1. The van der Waals surface area contributed by atoms with Gasteiger partial charge in [0.05, 0.1) is 24.1 Å². The molecule has 122 valence electrons. The van der Waals surface area contributed by atoms with E-state index in [9.17, 15) is 9.59 Å². The molecular formula is C17H21N3O3. The Balaban J connectivity index is 1.84. The second-order valence-corrected chi connectivity index (χ2v) is 5.76. The predicted octanol–water partition coefficient (Wildman–Crippen LogP) is 1.84. The van der Waals surface area contributed by atoms with Crippen LogP contribution in [0.15, 0.2) is 29.1 Å². The second kappa shape index (κ2) is 6.91. The molecule has 2 heterocycles. The monoisotopic (exact) mass is 315 g/mol. The summed E-state index contributed by atoms with van der Waals surface area (Å²) in [6.07, 6.45) is 2.84. The minimum Gasteiger partial charge on any atom is -0.465 e. The van der Waals surface area contributed by atoms with Crippen LogP contribution in [-0.4, -0.2) is 40.0 Å². The molecule has 1 fully saturated rings. The number of ether oxygens (including phenoxy) is 1. The zero-order valence-electron chi connectivity index (χ0n) is 13.2. The Bertz CT molecular complexity index is 756. The fraction of sp³-hybridized carbons (Fsp3) is 0.471. The number of carbonyl (C=O) groups excluding carboxylic acids is 1. The highest BCUT2D eigenvalue weighted by Gasteiger charge is 2.30. The van der Waals surface area contributed by atoms with Gasteiger partial charge in [0.25, 0.3) is 5.56 Å². The molecule has 0 saturated carbocycles. The minimum atomic E-state index is -0.250. The number of hydrogen-bond donors (Lipinski definition) is 1. The number of benzene rings is 1. The molecule has 0 amide bonds. The molecule has 0 aliphatic carbocycles. The van der Waals surface area contributed by atoms with Crippen LogP contribution >= 0.6 is 0 Å². The van der Waals surface area contributed by atoms with E-state index in [2.05, 4.69) is 14.9 Å². The molecule has 6 nitrogen and oxygen atoms in total. The summed E-state index contributed by atoms with van der Waals surface area (Å²) in [5.74, 6) is 0.403. The molecule has 2 aromatic rings. The first-order chi connectivity index (χ1) is 11.2. The fourth-order valence-corrected chi connectivity index (χ4v) is 3.09. The van der Waals surface area contributed by atoms with Crippen LogP contribution in [0.4, 0.5) is 0 Å². The molecule has 23 heavy (non-hydrogen) atoms. The quantitative estimate of drug-likeness (QED) is 0.871. The van der Waals surface area contributed by atoms with Gasteiger partial charge in [-0.05, 0) is 38.4 Å². The van der Waals surface area contributed by atoms with E-state index < -0.39 is 0 Å². The Labute approximate surface area is 134 Å². The minimum absolute atomic E-state index is 0.143. The Morgan fingerprint density at radius 2 is 2.22 bits per heavy atom. The van der Waals surface area contributed by atoms with E-state index in [0.717, 1.165) is 25.8 Å². The lowest BCUT2D eigenvalue weighted by Gasteiger charge is -2.33. The molecule has 0 radical (unpaired) electrons. The molecule has 1 saturated heterocycles. The van der Waals surface area contributed by atoms with Crippen LogP contribution < -0.4 is 5.56 Å². The van der Waals surface area contributed by atoms with Crippen LogP contribution in [0.25, 0.3) is 10.9 Å². The normalized spacial score (nSPS) is 18.9. The summed E-state index contributed by atoms with van der Waals surface area (Å²) in [7, 11) is 0. The Morgan fingerprint density at radius 3 is 3.04 bits per heavy atom. The van der Waals surface area contributed by atoms with Gasteiger partial charge in [0, 0.05) is 0 Å². The van der Waals surface area contributed by atoms with Gasteiger partial charge in [0.15, 0.2) is 0 Å². The van der Waals surface area contributed by atoms with Crippen LogP contribution in [0.1, 0.15) is 32.0 Å². The molecule has 0 spiro atoms. The highest BCUT2D eigenvalue weighted by molar-refractivity contribution is 5.77. The van der Waals surface area contributed by atoms with E-state index >= 15 is 0 Å². The number of likely N-dealkylation sites (tertiary alicyclic amines) is 1. The van der Waals surface area contributed by atoms with Gasteiger partial charge in [-0.2, -0.15) is 0 Å². The molecule has 3 rings (SSSR count). The molecule has 1 aromatic heterocycles. The summed E-state index contributed by atoms with van der Waals surface area (Å²) in [4.78, 5) is 33.7. The van der Waals surface area contributed by atoms with E-state index in [1.165, 1.54) is 0 Å². The lowest BCUT2D eigenvalue weighted by molar-refractivity contribution is -0.151. The van der Waals surface area contributed by atoms with Gasteiger partial charge < -0.3 is 9.72 Å². The average molecular weight is 315 g/mol. The predicted molar refractivity (Wildman–Crippen MR) is 87.0 cm³/mol. The van der Waals surface area contributed by atoms with Crippen LogP contribution in [0.5, 0.6) is 0 Å². The van der Waals surface area contributed by atoms with Crippen LogP contribution in [-0.2, 0) is 16.1 Å². The maximum Gasteiger partial charge on any atom is 0.323 e. The van der Waals surface area contributed by atoms with Gasteiger partial charge in [-0.15, -0.1) is 0 Å². The number of nitrogens with zero attached hydrogens (tertiary/aromatic N) is 2. The molecule has 6 heteroatoms. The molecular weight excluding hydrogens is 294 g/mol. The molecule has 0 bridgehead atoms. The maximum absolute atomic E-state index is 12.2. The largest absolute Gasteiger partial charge is 0.465 e. The van der Waals surface area contributed by atoms with Gasteiger partial charge in [-0.3, -0.25) is 14.5 Å². The number of hydrogen-bond acceptors (Lipinski definition) is 5. The number of carbonyl (C=O) groups is 1. The number of piperidine rings is 1. The fourth-order valence-electron chi connectivity index (χ4n) is 3.09. The average Bonchev–Trinajstić information content (AvgIpc) is 2.55. The van der Waals surface area contributed by atoms with E-state index in [1.807, 2.05) is 25.1 Å². The first-order valence-corrected chi connectivity index (χ1v) is 8.07. The summed E-state index contributed by atoms with van der Waals surface area (Å²) in [6, 6.07) is 7.02. The summed E-state index contributed by atoms with van der Waals surface area (Å²) >= 11 is 0. The van der Waals surface area contributed by atoms with Gasteiger partial charge in [-0.1, -0.05) is 18.6 Å². The van der Waals surface area contributed by atoms with Crippen molar-refractivity contribution in [1.29, 1.82) is 0 Å². The number of fused-ring (bicyclic) bond motifs is 1. The third kappa shape index (κ3) is 3.42. The number of aromatic amines is 1. The first kappa shape index (κ1) is 15.7. The SMILES string of the molecule is CCOC(=O)C1CCCCN1Cc1nc2ccccc2c(=O)[nH]1. The summed E-state index contributed by atoms with van der Waals surface area (Å²) < 4.78 is 5.17. The Kier molecular flexibility index (Phi) is 4.71. The number of H-pyrrole nitrogens is 1. The summed E-state index contributed by atoms with van der Waals surface area (Å²) in [5.41, 5.74) is 0.534. The third-order valence-corrected chi connectivity index (χ3v) is 4.19. The molecule has 1 atom stereocenters. The van der Waals surface area contributed by atoms with Crippen molar-refractivity contribution >= 4 is 16.9 Å². The summed E-state index contributed by atoms with van der Waals surface area (Å²) in [6.45, 7) is 3.45. The van der Waals surface area contributed by atoms with Gasteiger partial charge in [0.2, 0.25) is 0 Å². The van der Waals surface area contributed by atoms with Crippen molar-refractivity contribution in [2.24, 2.45) is 0 Å². The standard InChI is InChI=1S/C17H21N3O3/c1-2-23-17(22)14-9-5-6-10-20(14)11-15-18-13-8-4-3-7-12(13)16(21)19-15/h3-4,7-8,14H,2,5-6,9-11H2,1H3,(H,18,19,21). The van der Waals surface area contributed by atoms with E-state index in [1.54, 1.807) is 6.07 Å². The number of rotatable bonds is 4. The topological polar surface area (TPSA) is 75.3 Å². The number of esters is 1. The smallest absolute Gasteiger partial charge is 0.323 e. The van der Waals surface area contributed by atoms with Crippen molar-refractivity contribution in [1.82, 2.24) is 14.9 Å². The maximum atomic E-state index is 12.2. The molecule has 1 N–H and O–H groups in total. The molecule has 1 unspecified atom stereocenters. The Hall–Kier alpha value is -2.21. The lowest BCUT2D eigenvalue weighted by atomic mass is 10.0. The zero-order chi connectivity index (χ0) is 16.2. The third-order valence-electron chi connectivity index (χ3n) is 4.19. The number of aromatic nitrogens is 2. The van der Waals surface area contributed by atoms with Gasteiger partial charge in [-0.25, -0.2) is 4.98 Å². The van der Waals surface area contributed by atoms with Crippen LogP contribution in [0.2, 0.25) is 0 Å². The number of para-hydroxylation sites is 1. The van der Waals surface area contributed by atoms with Crippen molar-refractivity contribution in [3.63, 3.8) is 0 Å². The van der Waals surface area contributed by atoms with E-state index in [0.29, 0.717) is 29.9 Å². The van der Waals surface area contributed by atoms with Crippen molar-refractivity contribution in [3.05, 3.63) is 40.4 Å². The van der Waals surface area contributed by atoms with E-state index in [-0.39, 0.29) is 17.6 Å². The summed E-state index contributed by atoms with van der Waals surface area (Å²) in [5, 5.41) is 0.580. The van der Waals surface area contributed by atoms with Crippen molar-refractivity contribution in [2.45, 2.75) is 38.8 Å². The molecule has 1 aliphatic rings. The van der Waals surface area contributed by atoms with Gasteiger partial charge >= 0.3 is 5.97 Å². The molecule has 1 aliphatic heterocycles. The van der Waals surface area contributed by atoms with Crippen molar-refractivity contribution in [3.8, 4) is 0 Å². The van der Waals surface area contributed by atoms with Crippen molar-refractivity contribution < 1.29 is 9.53 Å². The Morgan fingerprint density at radius 1 is 1.39 bits per heavy atom. The highest BCUT2D eigenvalue weighted by atomic mass is 16.5. The lowest BCUT2D eigenvalue weighted by Crippen LogP contribution is -2.45. The first-order valence-electron chi connectivity index (χ1n) is 8.07. The van der Waals surface area contributed by atoms with Gasteiger partial charge in [0.1, 0.15) is 11.9 Å². The molecule has 1 aromatic carbocycles. The van der Waals surface area contributed by atoms with E-state index in [4.69, 9.17) is 4.74 Å². The van der Waals surface area contributed by atoms with Crippen LogP contribution in [0.3, 0.4) is 0 Å².